The fourth-order valence-electron chi connectivity index (χ4n) is 0.208. The Bertz CT molecular complexity index is 95.3. The molecule has 0 atom stereocenters. The van der Waals surface area contributed by atoms with Crippen LogP contribution in [0.4, 0.5) is 4.79 Å². The molecular formula is C3H7NO2S2. The van der Waals surface area contributed by atoms with Crippen LogP contribution in [0.1, 0.15) is 0 Å². The van der Waals surface area contributed by atoms with E-state index in [1.54, 1.807) is 0 Å². The summed E-state index contributed by atoms with van der Waals surface area (Å²) in [6.07, 6.45) is -0.983. The van der Waals surface area contributed by atoms with Crippen molar-refractivity contribution in [2.45, 2.75) is 0 Å². The minimum Gasteiger partial charge on any atom is -0.465 e. The summed E-state index contributed by atoms with van der Waals surface area (Å²) in [4.78, 5) is 9.73. The molecule has 0 aliphatic rings. The highest BCUT2D eigenvalue weighted by Crippen LogP contribution is 1.60. The van der Waals surface area contributed by atoms with E-state index in [1.165, 1.54) is 0 Å². The number of amides is 1. The van der Waals surface area contributed by atoms with Crippen molar-refractivity contribution in [3.05, 3.63) is 0 Å². The van der Waals surface area contributed by atoms with Crippen LogP contribution in [0.25, 0.3) is 0 Å². The largest absolute Gasteiger partial charge is 0.465 e. The van der Waals surface area contributed by atoms with Crippen LogP contribution < -0.4 is 5.32 Å². The highest BCUT2D eigenvalue weighted by atomic mass is 32.8. The van der Waals surface area contributed by atoms with Crippen LogP contribution in [0.2, 0.25) is 0 Å². The van der Waals surface area contributed by atoms with Gasteiger partial charge in [0, 0.05) is 12.3 Å². The molecular weight excluding hydrogens is 146 g/mol. The lowest BCUT2D eigenvalue weighted by Crippen LogP contribution is -2.23. The molecule has 3 nitrogen and oxygen atoms in total. The topological polar surface area (TPSA) is 49.3 Å². The number of thiol groups is 1. The average Bonchev–Trinajstić information content (AvgIpc) is 1.66. The Kier molecular flexibility index (Phi) is 4.89. The van der Waals surface area contributed by atoms with Gasteiger partial charge >= 0.3 is 6.09 Å². The van der Waals surface area contributed by atoms with E-state index in [0.29, 0.717) is 12.3 Å². The molecule has 0 radical (unpaired) electrons. The van der Waals surface area contributed by atoms with E-state index in [2.05, 4.69) is 16.5 Å². The van der Waals surface area contributed by atoms with Gasteiger partial charge in [-0.3, -0.25) is 0 Å². The van der Waals surface area contributed by atoms with Gasteiger partial charge in [0.05, 0.1) is 0 Å². The second-order valence-electron chi connectivity index (χ2n) is 1.08. The molecule has 0 aromatic heterocycles. The van der Waals surface area contributed by atoms with Crippen molar-refractivity contribution in [1.29, 1.82) is 0 Å². The van der Waals surface area contributed by atoms with E-state index in [4.69, 9.17) is 5.11 Å². The third-order valence-electron chi connectivity index (χ3n) is 0.479. The van der Waals surface area contributed by atoms with Gasteiger partial charge in [-0.25, -0.2) is 4.79 Å². The fourth-order valence-corrected chi connectivity index (χ4v) is 0.685. The van der Waals surface area contributed by atoms with Crippen molar-refractivity contribution in [2.24, 2.45) is 0 Å². The van der Waals surface area contributed by atoms with E-state index >= 15 is 0 Å². The first-order valence-electron chi connectivity index (χ1n) is 2.03. The molecule has 48 valence electrons. The standard InChI is InChI=1S/C3H7NO2S2/c5-3(6)4-1-2-8-7/h4,8H,1-2H2,(H,5,6). The lowest BCUT2D eigenvalue weighted by atomic mass is 10.7. The Labute approximate surface area is 55.7 Å². The minimum absolute atomic E-state index is 0.459. The average molecular weight is 153 g/mol. The summed E-state index contributed by atoms with van der Waals surface area (Å²) in [7, 11) is 0.808. The van der Waals surface area contributed by atoms with Gasteiger partial charge < -0.3 is 10.4 Å². The summed E-state index contributed by atoms with van der Waals surface area (Å²) in [5.74, 6) is 0.710. The van der Waals surface area contributed by atoms with Gasteiger partial charge in [0.2, 0.25) is 0 Å². The van der Waals surface area contributed by atoms with Crippen molar-refractivity contribution >= 4 is 27.6 Å². The number of rotatable bonds is 3. The van der Waals surface area contributed by atoms with E-state index in [0.717, 1.165) is 10.3 Å². The molecule has 0 bridgehead atoms. The normalized spacial score (nSPS) is 8.50. The fraction of sp³-hybridized carbons (Fsp3) is 0.667. The predicted molar refractivity (Wildman–Crippen MR) is 37.0 cm³/mol. The molecule has 0 aliphatic heterocycles. The molecule has 0 aromatic rings. The molecule has 0 unspecified atom stereocenters. The highest BCUT2D eigenvalue weighted by molar-refractivity contribution is 8.17. The number of carbonyl (C=O) groups is 1. The molecule has 0 aromatic carbocycles. The zero-order valence-corrected chi connectivity index (χ0v) is 5.84. The number of hydrogen-bond donors (Lipinski definition) is 3. The summed E-state index contributed by atoms with van der Waals surface area (Å²) < 4.78 is 0. The highest BCUT2D eigenvalue weighted by Gasteiger charge is 1.87. The Balaban J connectivity index is 2.93. The summed E-state index contributed by atoms with van der Waals surface area (Å²) in [5, 5.41) is 10.2. The lowest BCUT2D eigenvalue weighted by Gasteiger charge is -1.92. The Morgan fingerprint density at radius 2 is 2.50 bits per heavy atom. The van der Waals surface area contributed by atoms with Crippen LogP contribution >= 0.6 is 0 Å². The van der Waals surface area contributed by atoms with E-state index in [-0.39, 0.29) is 0 Å². The maximum absolute atomic E-state index is 9.73. The summed E-state index contributed by atoms with van der Waals surface area (Å²) >= 11 is 4.54. The van der Waals surface area contributed by atoms with Gasteiger partial charge in [-0.1, -0.05) is 11.2 Å². The first-order chi connectivity index (χ1) is 3.77. The van der Waals surface area contributed by atoms with Crippen molar-refractivity contribution < 1.29 is 9.90 Å². The molecule has 0 saturated carbocycles. The van der Waals surface area contributed by atoms with Crippen molar-refractivity contribution in [2.75, 3.05) is 12.3 Å². The van der Waals surface area contributed by atoms with Crippen LogP contribution in [0, 0.1) is 0 Å². The van der Waals surface area contributed by atoms with Crippen LogP contribution in [-0.4, -0.2) is 23.5 Å². The molecule has 2 N–H and O–H groups in total. The zero-order chi connectivity index (χ0) is 6.41. The molecule has 0 fully saturated rings. The lowest BCUT2D eigenvalue weighted by molar-refractivity contribution is 0.195. The minimum atomic E-state index is -0.983. The number of hydrogen-bond acceptors (Lipinski definition) is 2. The Morgan fingerprint density at radius 3 is 2.88 bits per heavy atom. The smallest absolute Gasteiger partial charge is 0.404 e. The van der Waals surface area contributed by atoms with Crippen LogP contribution in [0.15, 0.2) is 0 Å². The molecule has 0 rings (SSSR count). The summed E-state index contributed by atoms with van der Waals surface area (Å²) in [5.41, 5.74) is 0. The van der Waals surface area contributed by atoms with Gasteiger partial charge in [0.15, 0.2) is 0 Å². The molecule has 0 spiro atoms. The molecule has 1 amide bonds. The molecule has 0 heterocycles. The number of carboxylic acid groups (broad SMARTS) is 1. The van der Waals surface area contributed by atoms with Gasteiger partial charge in [-0.05, 0) is 0 Å². The first-order valence-corrected chi connectivity index (χ1v) is 4.12. The second kappa shape index (κ2) is 4.99. The number of nitrogens with one attached hydrogen (secondary N) is 1. The van der Waals surface area contributed by atoms with Crippen molar-refractivity contribution in [3.63, 3.8) is 0 Å². The van der Waals surface area contributed by atoms with Gasteiger partial charge in [-0.15, -0.1) is 10.3 Å². The Hall–Kier alpha value is -0.160. The zero-order valence-electron chi connectivity index (χ0n) is 4.13. The van der Waals surface area contributed by atoms with Crippen molar-refractivity contribution in [1.82, 2.24) is 5.32 Å². The molecule has 0 saturated heterocycles. The van der Waals surface area contributed by atoms with Gasteiger partial charge in [0.25, 0.3) is 0 Å². The predicted octanol–water partition coefficient (Wildman–Crippen LogP) is -0.469. The van der Waals surface area contributed by atoms with E-state index in [9.17, 15) is 4.79 Å². The summed E-state index contributed by atoms with van der Waals surface area (Å²) in [6, 6.07) is 0. The third kappa shape index (κ3) is 5.84. The molecule has 8 heavy (non-hydrogen) atoms. The van der Waals surface area contributed by atoms with Crippen LogP contribution in [0.5, 0.6) is 0 Å². The van der Waals surface area contributed by atoms with E-state index < -0.39 is 6.09 Å². The maximum atomic E-state index is 9.73. The van der Waals surface area contributed by atoms with Gasteiger partial charge in [0.1, 0.15) is 0 Å². The quantitative estimate of drug-likeness (QED) is 0.379. The van der Waals surface area contributed by atoms with Crippen LogP contribution in [-0.2, 0) is 21.5 Å². The molecule has 0 aliphatic carbocycles. The SMILES string of the molecule is O=C(O)NCC[SH]=S. The third-order valence-corrected chi connectivity index (χ3v) is 1.43. The molecule has 5 heteroatoms. The van der Waals surface area contributed by atoms with Crippen LogP contribution in [0.3, 0.4) is 0 Å². The summed E-state index contributed by atoms with van der Waals surface area (Å²) in [6.45, 7) is 0.459. The second-order valence-corrected chi connectivity index (χ2v) is 2.56. The Morgan fingerprint density at radius 1 is 1.88 bits per heavy atom. The van der Waals surface area contributed by atoms with E-state index in [1.807, 2.05) is 0 Å². The van der Waals surface area contributed by atoms with Gasteiger partial charge in [-0.2, -0.15) is 0 Å². The first kappa shape index (κ1) is 7.84. The maximum Gasteiger partial charge on any atom is 0.404 e. The monoisotopic (exact) mass is 153 g/mol. The van der Waals surface area contributed by atoms with Crippen molar-refractivity contribution in [3.8, 4) is 0 Å².